The third kappa shape index (κ3) is 2.16. The molecule has 0 spiro atoms. The van der Waals surface area contributed by atoms with E-state index < -0.39 is 6.98 Å². The maximum atomic E-state index is 10.5. The van der Waals surface area contributed by atoms with Gasteiger partial charge in [-0.1, -0.05) is 0 Å². The van der Waals surface area contributed by atoms with E-state index in [1.54, 1.807) is 0 Å². The molecule has 2 atom stereocenters. The predicted octanol–water partition coefficient (Wildman–Crippen LogP) is 0.545. The lowest BCUT2D eigenvalue weighted by Crippen LogP contribution is -2.24. The number of aromatic nitrogens is 2. The SMILES string of the molecule is [2H]C([2H])([2H])n1cc(NC=O)c(O[C@H]2CCO[C@H]2C)n1. The zero-order chi connectivity index (χ0) is 14.0. The molecule has 0 aromatic carbocycles. The Kier molecular flexibility index (Phi) is 2.17. The maximum Gasteiger partial charge on any atom is 0.257 e. The molecule has 1 aliphatic heterocycles. The summed E-state index contributed by atoms with van der Waals surface area (Å²) < 4.78 is 33.6. The zero-order valence-electron chi connectivity index (χ0n) is 11.8. The molecule has 0 unspecified atom stereocenters. The van der Waals surface area contributed by atoms with Crippen LogP contribution in [0.15, 0.2) is 6.20 Å². The summed E-state index contributed by atoms with van der Waals surface area (Å²) in [6.45, 7) is 0.0339. The summed E-state index contributed by atoms with van der Waals surface area (Å²) >= 11 is 0. The van der Waals surface area contributed by atoms with Crippen LogP contribution in [-0.4, -0.2) is 35.0 Å². The molecule has 1 aromatic heterocycles. The van der Waals surface area contributed by atoms with Gasteiger partial charge >= 0.3 is 0 Å². The van der Waals surface area contributed by atoms with E-state index in [0.29, 0.717) is 19.4 Å². The molecule has 0 bridgehead atoms. The van der Waals surface area contributed by atoms with Crippen LogP contribution < -0.4 is 10.1 Å². The first-order valence-corrected chi connectivity index (χ1v) is 5.00. The fourth-order valence-electron chi connectivity index (χ4n) is 1.62. The van der Waals surface area contributed by atoms with Crippen molar-refractivity contribution in [1.29, 1.82) is 0 Å². The number of hydrogen-bond donors (Lipinski definition) is 1. The number of rotatable bonds is 4. The van der Waals surface area contributed by atoms with Crippen molar-refractivity contribution in [2.24, 2.45) is 6.98 Å². The first kappa shape index (κ1) is 7.67. The molecule has 0 saturated carbocycles. The lowest BCUT2D eigenvalue weighted by molar-refractivity contribution is -0.105. The highest BCUT2D eigenvalue weighted by Gasteiger charge is 2.27. The van der Waals surface area contributed by atoms with Gasteiger partial charge < -0.3 is 14.8 Å². The van der Waals surface area contributed by atoms with Crippen LogP contribution in [0.1, 0.15) is 17.5 Å². The topological polar surface area (TPSA) is 65.4 Å². The predicted molar refractivity (Wildman–Crippen MR) is 57.3 cm³/mol. The molecule has 1 aromatic rings. The smallest absolute Gasteiger partial charge is 0.257 e. The first-order valence-electron chi connectivity index (χ1n) is 6.50. The van der Waals surface area contributed by atoms with Gasteiger partial charge in [0.2, 0.25) is 6.41 Å². The van der Waals surface area contributed by atoms with E-state index in [-0.39, 0.29) is 23.8 Å². The standard InChI is InChI=1S/C10H15N3O3/c1-7-9(3-4-15-7)16-10-8(11-6-14)5-13(2)12-10/h5-7,9H,3-4H2,1-2H3,(H,11,14)/t7-,9-/m0/s1/i2D3. The van der Waals surface area contributed by atoms with Crippen LogP contribution in [0.25, 0.3) is 0 Å². The van der Waals surface area contributed by atoms with Gasteiger partial charge in [-0.2, -0.15) is 0 Å². The monoisotopic (exact) mass is 228 g/mol. The van der Waals surface area contributed by atoms with Crippen molar-refractivity contribution in [2.45, 2.75) is 25.6 Å². The summed E-state index contributed by atoms with van der Waals surface area (Å²) in [7, 11) is 0. The summed E-state index contributed by atoms with van der Waals surface area (Å²) in [5, 5.41) is 6.23. The summed E-state index contributed by atoms with van der Waals surface area (Å²) in [5.74, 6) is 0.0885. The second-order valence-corrected chi connectivity index (χ2v) is 3.58. The number of nitrogens with one attached hydrogen (secondary N) is 1. The Balaban J connectivity index is 2.22. The Bertz CT molecular complexity index is 461. The molecule has 2 rings (SSSR count). The lowest BCUT2D eigenvalue weighted by atomic mass is 10.2. The van der Waals surface area contributed by atoms with E-state index in [2.05, 4.69) is 10.4 Å². The minimum Gasteiger partial charge on any atom is -0.469 e. The quantitative estimate of drug-likeness (QED) is 0.764. The second-order valence-electron chi connectivity index (χ2n) is 3.58. The minimum absolute atomic E-state index is 0.0885. The number of amides is 1. The third-order valence-electron chi connectivity index (χ3n) is 2.46. The van der Waals surface area contributed by atoms with Gasteiger partial charge in [-0.3, -0.25) is 9.48 Å². The van der Waals surface area contributed by atoms with E-state index in [9.17, 15) is 4.79 Å². The van der Waals surface area contributed by atoms with Gasteiger partial charge in [0.05, 0.1) is 18.9 Å². The Morgan fingerprint density at radius 2 is 2.75 bits per heavy atom. The van der Waals surface area contributed by atoms with Gasteiger partial charge in [0.25, 0.3) is 5.88 Å². The molecule has 88 valence electrons. The largest absolute Gasteiger partial charge is 0.469 e. The number of aryl methyl sites for hydroxylation is 1. The number of carbonyl (C=O) groups excluding carboxylic acids is 1. The van der Waals surface area contributed by atoms with Crippen molar-refractivity contribution < 1.29 is 18.4 Å². The van der Waals surface area contributed by atoms with Crippen molar-refractivity contribution >= 4 is 12.1 Å². The average Bonchev–Trinajstić information content (AvgIpc) is 2.88. The second kappa shape index (κ2) is 4.52. The van der Waals surface area contributed by atoms with E-state index in [1.807, 2.05) is 6.92 Å². The third-order valence-corrected chi connectivity index (χ3v) is 2.46. The van der Waals surface area contributed by atoms with Gasteiger partial charge in [0.15, 0.2) is 0 Å². The molecule has 1 saturated heterocycles. The van der Waals surface area contributed by atoms with Crippen molar-refractivity contribution in [2.75, 3.05) is 11.9 Å². The first-order chi connectivity index (χ1) is 8.91. The van der Waals surface area contributed by atoms with Gasteiger partial charge in [0, 0.05) is 17.5 Å². The Morgan fingerprint density at radius 1 is 1.88 bits per heavy atom. The van der Waals surface area contributed by atoms with Crippen LogP contribution >= 0.6 is 0 Å². The fraction of sp³-hybridized carbons (Fsp3) is 0.600. The van der Waals surface area contributed by atoms with Crippen LogP contribution in [-0.2, 0) is 16.5 Å². The molecule has 0 radical (unpaired) electrons. The molecule has 1 fully saturated rings. The van der Waals surface area contributed by atoms with Crippen molar-refractivity contribution in [3.8, 4) is 5.88 Å². The fourth-order valence-corrected chi connectivity index (χ4v) is 1.62. The molecule has 2 heterocycles. The molecule has 6 nitrogen and oxygen atoms in total. The summed E-state index contributed by atoms with van der Waals surface area (Å²) in [6.07, 6.45) is 2.07. The molecule has 1 amide bonds. The molecular weight excluding hydrogens is 210 g/mol. The lowest BCUT2D eigenvalue weighted by Gasteiger charge is -2.15. The van der Waals surface area contributed by atoms with E-state index in [1.165, 1.54) is 6.20 Å². The van der Waals surface area contributed by atoms with Crippen molar-refractivity contribution in [1.82, 2.24) is 9.78 Å². The zero-order valence-corrected chi connectivity index (χ0v) is 8.84. The molecule has 1 aliphatic rings. The van der Waals surface area contributed by atoms with Crippen LogP contribution in [0.2, 0.25) is 0 Å². The normalized spacial score (nSPS) is 27.9. The van der Waals surface area contributed by atoms with Gasteiger partial charge in [-0.25, -0.2) is 0 Å². The molecular formula is C10H15N3O3. The highest BCUT2D eigenvalue weighted by Crippen LogP contribution is 2.26. The molecule has 0 aliphatic carbocycles. The Morgan fingerprint density at radius 3 is 3.38 bits per heavy atom. The van der Waals surface area contributed by atoms with Crippen LogP contribution in [0.4, 0.5) is 5.69 Å². The number of carbonyl (C=O) groups is 1. The molecule has 16 heavy (non-hydrogen) atoms. The van der Waals surface area contributed by atoms with Crippen LogP contribution in [0, 0.1) is 0 Å². The highest BCUT2D eigenvalue weighted by atomic mass is 16.6. The van der Waals surface area contributed by atoms with Gasteiger partial charge in [-0.15, -0.1) is 5.10 Å². The van der Waals surface area contributed by atoms with E-state index in [4.69, 9.17) is 13.6 Å². The van der Waals surface area contributed by atoms with Gasteiger partial charge in [-0.05, 0) is 6.92 Å². The molecule has 1 N–H and O–H groups in total. The van der Waals surface area contributed by atoms with Crippen LogP contribution in [0.3, 0.4) is 0 Å². The number of anilines is 1. The van der Waals surface area contributed by atoms with Crippen molar-refractivity contribution in [3.63, 3.8) is 0 Å². The average molecular weight is 228 g/mol. The van der Waals surface area contributed by atoms with Crippen LogP contribution in [0.5, 0.6) is 5.88 Å². The number of ether oxygens (including phenoxy) is 2. The van der Waals surface area contributed by atoms with E-state index in [0.717, 1.165) is 4.68 Å². The number of nitrogens with zero attached hydrogens (tertiary/aromatic N) is 2. The van der Waals surface area contributed by atoms with E-state index >= 15 is 0 Å². The molecule has 6 heteroatoms. The maximum absolute atomic E-state index is 10.5. The summed E-state index contributed by atoms with van der Waals surface area (Å²) in [5.41, 5.74) is 0.227. The Hall–Kier alpha value is -1.56. The number of hydrogen-bond acceptors (Lipinski definition) is 4. The van der Waals surface area contributed by atoms with Gasteiger partial charge in [0.1, 0.15) is 11.8 Å². The summed E-state index contributed by atoms with van der Waals surface area (Å²) in [6, 6.07) is 0. The minimum atomic E-state index is -2.42. The Labute approximate surface area is 97.7 Å². The summed E-state index contributed by atoms with van der Waals surface area (Å²) in [4.78, 5) is 10.5. The highest BCUT2D eigenvalue weighted by molar-refractivity contribution is 5.73. The van der Waals surface area contributed by atoms with Crippen molar-refractivity contribution in [3.05, 3.63) is 6.20 Å².